The van der Waals surface area contributed by atoms with Crippen molar-refractivity contribution in [2.75, 3.05) is 11.9 Å². The zero-order valence-electron chi connectivity index (χ0n) is 22.2. The van der Waals surface area contributed by atoms with E-state index in [2.05, 4.69) is 39.5 Å². The Balaban J connectivity index is 0.989. The summed E-state index contributed by atoms with van der Waals surface area (Å²) in [5, 5.41) is 10.6. The van der Waals surface area contributed by atoms with Crippen LogP contribution in [0.25, 0.3) is 11.3 Å². The molecule has 10 heteroatoms. The second kappa shape index (κ2) is 9.39. The van der Waals surface area contributed by atoms with Crippen LogP contribution in [0.1, 0.15) is 82.5 Å². The molecule has 0 bridgehead atoms. The van der Waals surface area contributed by atoms with Crippen LogP contribution in [-0.2, 0) is 9.59 Å². The van der Waals surface area contributed by atoms with E-state index in [1.165, 1.54) is 24.1 Å². The van der Waals surface area contributed by atoms with Crippen molar-refractivity contribution in [2.24, 2.45) is 5.92 Å². The number of hydrogen-bond acceptors (Lipinski definition) is 7. The van der Waals surface area contributed by atoms with Crippen molar-refractivity contribution in [3.05, 3.63) is 65.1 Å². The highest BCUT2D eigenvalue weighted by Gasteiger charge is 2.44. The minimum atomic E-state index is -0.960. The fourth-order valence-corrected chi connectivity index (χ4v) is 6.06. The summed E-state index contributed by atoms with van der Waals surface area (Å²) in [7, 11) is 0. The number of piperidine rings is 1. The molecule has 1 aromatic carbocycles. The minimum absolute atomic E-state index is 0.101. The van der Waals surface area contributed by atoms with Gasteiger partial charge in [0.2, 0.25) is 11.8 Å². The average Bonchev–Trinajstić information content (AvgIpc) is 3.62. The van der Waals surface area contributed by atoms with Crippen LogP contribution in [-0.4, -0.2) is 55.9 Å². The number of rotatable bonds is 7. The Morgan fingerprint density at radius 1 is 0.975 bits per heavy atom. The highest BCUT2D eigenvalue weighted by molar-refractivity contribution is 6.23. The third-order valence-corrected chi connectivity index (χ3v) is 8.54. The maximum absolute atomic E-state index is 13.1. The highest BCUT2D eigenvalue weighted by Crippen LogP contribution is 2.45. The minimum Gasteiger partial charge on any atom is -0.385 e. The molecule has 2 aromatic heterocycles. The molecular weight excluding hydrogens is 508 g/mol. The van der Waals surface area contributed by atoms with E-state index in [0.29, 0.717) is 17.9 Å². The van der Waals surface area contributed by atoms with Crippen LogP contribution in [0.5, 0.6) is 0 Å². The van der Waals surface area contributed by atoms with E-state index < -0.39 is 23.8 Å². The molecular formula is C30H30N6O4. The Morgan fingerprint density at radius 3 is 2.52 bits per heavy atom. The molecule has 3 aromatic rings. The molecule has 2 aliphatic heterocycles. The largest absolute Gasteiger partial charge is 0.385 e. The summed E-state index contributed by atoms with van der Waals surface area (Å²) in [4.78, 5) is 55.4. The third-order valence-electron chi connectivity index (χ3n) is 8.54. The fourth-order valence-electron chi connectivity index (χ4n) is 6.06. The first-order valence-corrected chi connectivity index (χ1v) is 14.0. The number of pyridine rings is 1. The molecule has 1 saturated heterocycles. The van der Waals surface area contributed by atoms with Crippen LogP contribution in [0.2, 0.25) is 0 Å². The van der Waals surface area contributed by atoms with Crippen LogP contribution in [0.3, 0.4) is 0 Å². The van der Waals surface area contributed by atoms with Gasteiger partial charge < -0.3 is 5.32 Å². The molecule has 0 radical (unpaired) electrons. The zero-order valence-corrected chi connectivity index (χ0v) is 22.2. The standard InChI is InChI=1S/C30H30N6O4/c1-16-8-9-31-24(10-16)23-15-35(34-27(23)18-2-3-18)20-11-17(12-20)14-32-19-4-5-21-22(13-19)30(40)36(29(21)39)25-6-7-26(37)33-28(25)38/h4-5,8-10,13,15,17-18,20,25,32H,2-3,6-7,11-12,14H2,1H3,(H,33,37,38). The molecule has 4 aliphatic rings. The van der Waals surface area contributed by atoms with Crippen LogP contribution < -0.4 is 10.6 Å². The van der Waals surface area contributed by atoms with Crippen LogP contribution in [0.15, 0.2) is 42.7 Å². The number of benzene rings is 1. The van der Waals surface area contributed by atoms with E-state index in [0.717, 1.165) is 41.2 Å². The van der Waals surface area contributed by atoms with Gasteiger partial charge in [0.15, 0.2) is 0 Å². The maximum atomic E-state index is 13.1. The Kier molecular flexibility index (Phi) is 5.80. The predicted molar refractivity (Wildman–Crippen MR) is 146 cm³/mol. The van der Waals surface area contributed by atoms with Gasteiger partial charge in [-0.3, -0.25) is 39.1 Å². The number of aryl methyl sites for hydroxylation is 1. The predicted octanol–water partition coefficient (Wildman–Crippen LogP) is 3.60. The molecule has 3 fully saturated rings. The van der Waals surface area contributed by atoms with Crippen molar-refractivity contribution >= 4 is 29.3 Å². The third kappa shape index (κ3) is 4.27. The van der Waals surface area contributed by atoms with Gasteiger partial charge in [-0.2, -0.15) is 5.10 Å². The summed E-state index contributed by atoms with van der Waals surface area (Å²) in [6.07, 6.45) is 8.66. The molecule has 10 nitrogen and oxygen atoms in total. The lowest BCUT2D eigenvalue weighted by Crippen LogP contribution is -2.54. The Hall–Kier alpha value is -4.34. The van der Waals surface area contributed by atoms with Crippen LogP contribution >= 0.6 is 0 Å². The van der Waals surface area contributed by atoms with Gasteiger partial charge >= 0.3 is 0 Å². The number of carbonyl (C=O) groups is 4. The first-order chi connectivity index (χ1) is 19.4. The van der Waals surface area contributed by atoms with Gasteiger partial charge in [0, 0.05) is 42.5 Å². The molecule has 4 heterocycles. The average molecular weight is 539 g/mol. The maximum Gasteiger partial charge on any atom is 0.262 e. The van der Waals surface area contributed by atoms with E-state index in [4.69, 9.17) is 5.10 Å². The molecule has 1 atom stereocenters. The number of amides is 4. The highest BCUT2D eigenvalue weighted by atomic mass is 16.2. The number of nitrogens with zero attached hydrogens (tertiary/aromatic N) is 4. The lowest BCUT2D eigenvalue weighted by atomic mass is 9.80. The van der Waals surface area contributed by atoms with Crippen LogP contribution in [0.4, 0.5) is 5.69 Å². The monoisotopic (exact) mass is 538 g/mol. The lowest BCUT2D eigenvalue weighted by Gasteiger charge is -2.35. The molecule has 204 valence electrons. The number of nitrogens with one attached hydrogen (secondary N) is 2. The Labute approximate surface area is 231 Å². The van der Waals surface area contributed by atoms with Crippen molar-refractivity contribution in [3.63, 3.8) is 0 Å². The van der Waals surface area contributed by atoms with Gasteiger partial charge in [-0.1, -0.05) is 0 Å². The van der Waals surface area contributed by atoms with E-state index in [1.54, 1.807) is 18.2 Å². The number of aromatic nitrogens is 3. The number of imide groups is 2. The second-order valence-corrected chi connectivity index (χ2v) is 11.5. The lowest BCUT2D eigenvalue weighted by molar-refractivity contribution is -0.136. The van der Waals surface area contributed by atoms with Gasteiger partial charge in [-0.15, -0.1) is 0 Å². The van der Waals surface area contributed by atoms with Gasteiger partial charge in [-0.25, -0.2) is 0 Å². The van der Waals surface area contributed by atoms with Crippen LogP contribution in [0, 0.1) is 12.8 Å². The normalized spacial score (nSPS) is 24.1. The van der Waals surface area contributed by atoms with Gasteiger partial charge in [0.1, 0.15) is 6.04 Å². The summed E-state index contributed by atoms with van der Waals surface area (Å²) in [6, 6.07) is 8.65. The van der Waals surface area contributed by atoms with E-state index in [-0.39, 0.29) is 29.9 Å². The topological polar surface area (TPSA) is 126 Å². The number of hydrogen-bond donors (Lipinski definition) is 2. The molecule has 40 heavy (non-hydrogen) atoms. The summed E-state index contributed by atoms with van der Waals surface area (Å²) in [6.45, 7) is 2.83. The first kappa shape index (κ1) is 24.7. The number of fused-ring (bicyclic) bond motifs is 1. The van der Waals surface area contributed by atoms with E-state index in [1.807, 2.05) is 12.3 Å². The van der Waals surface area contributed by atoms with Crippen molar-refractivity contribution in [3.8, 4) is 11.3 Å². The fraction of sp³-hybridized carbons (Fsp3) is 0.400. The Morgan fingerprint density at radius 2 is 1.77 bits per heavy atom. The van der Waals surface area contributed by atoms with Gasteiger partial charge in [-0.05, 0) is 80.8 Å². The summed E-state index contributed by atoms with van der Waals surface area (Å²) in [5.74, 6) is -0.977. The zero-order chi connectivity index (χ0) is 27.5. The number of carbonyl (C=O) groups excluding carboxylic acids is 4. The molecule has 1 unspecified atom stereocenters. The summed E-state index contributed by atoms with van der Waals surface area (Å²) < 4.78 is 2.13. The molecule has 2 N–H and O–H groups in total. The van der Waals surface area contributed by atoms with Gasteiger partial charge in [0.25, 0.3) is 11.8 Å². The molecule has 4 amide bonds. The number of anilines is 1. The van der Waals surface area contributed by atoms with Crippen molar-refractivity contribution < 1.29 is 19.2 Å². The second-order valence-electron chi connectivity index (χ2n) is 11.5. The molecule has 2 saturated carbocycles. The van der Waals surface area contributed by atoms with Crippen molar-refractivity contribution in [2.45, 2.75) is 63.5 Å². The Bertz CT molecular complexity index is 1570. The van der Waals surface area contributed by atoms with Crippen molar-refractivity contribution in [1.29, 1.82) is 0 Å². The SMILES string of the molecule is Cc1ccnc(-c2cn(C3CC(CNc4ccc5c(c4)C(=O)N(C4CCC(=O)NC4=O)C5=O)C3)nc2C2CC2)c1. The molecule has 2 aliphatic carbocycles. The van der Waals surface area contributed by atoms with E-state index >= 15 is 0 Å². The van der Waals surface area contributed by atoms with Crippen molar-refractivity contribution in [1.82, 2.24) is 25.0 Å². The first-order valence-electron chi connectivity index (χ1n) is 14.0. The molecule has 7 rings (SSSR count). The summed E-state index contributed by atoms with van der Waals surface area (Å²) in [5.41, 5.74) is 5.83. The smallest absolute Gasteiger partial charge is 0.262 e. The molecule has 0 spiro atoms. The van der Waals surface area contributed by atoms with Gasteiger partial charge in [0.05, 0.1) is 28.6 Å². The van der Waals surface area contributed by atoms with E-state index in [9.17, 15) is 19.2 Å². The quantitative estimate of drug-likeness (QED) is 0.440. The summed E-state index contributed by atoms with van der Waals surface area (Å²) >= 11 is 0.